The fourth-order valence-corrected chi connectivity index (χ4v) is 1.51. The molecule has 1 amide bonds. The number of halogens is 2. The van der Waals surface area contributed by atoms with Crippen LogP contribution in [0.25, 0.3) is 6.08 Å². The van der Waals surface area contributed by atoms with Crippen molar-refractivity contribution in [3.05, 3.63) is 42.0 Å². The molecular formula is C13H13F2NO. The molecule has 1 aliphatic rings. The van der Waals surface area contributed by atoms with Crippen LogP contribution in [0.5, 0.6) is 0 Å². The monoisotopic (exact) mass is 237 g/mol. The van der Waals surface area contributed by atoms with Crippen LogP contribution in [0.3, 0.4) is 0 Å². The van der Waals surface area contributed by atoms with E-state index in [1.165, 1.54) is 6.08 Å². The SMILES string of the molecule is O=C(/C=C/c1ccccc1)NCC1CC1(F)F. The zero-order chi connectivity index (χ0) is 12.3. The largest absolute Gasteiger partial charge is 0.352 e. The summed E-state index contributed by atoms with van der Waals surface area (Å²) in [4.78, 5) is 11.3. The summed E-state index contributed by atoms with van der Waals surface area (Å²) >= 11 is 0. The molecule has 1 aliphatic carbocycles. The molecule has 1 N–H and O–H groups in total. The van der Waals surface area contributed by atoms with E-state index in [1.54, 1.807) is 6.08 Å². The van der Waals surface area contributed by atoms with Crippen molar-refractivity contribution in [1.29, 1.82) is 0 Å². The van der Waals surface area contributed by atoms with E-state index < -0.39 is 11.8 Å². The van der Waals surface area contributed by atoms with Gasteiger partial charge in [0.15, 0.2) is 0 Å². The molecule has 2 rings (SSSR count). The van der Waals surface area contributed by atoms with Gasteiger partial charge in [0, 0.05) is 25.0 Å². The molecule has 0 saturated heterocycles. The van der Waals surface area contributed by atoms with Gasteiger partial charge in [-0.2, -0.15) is 0 Å². The minimum atomic E-state index is -2.57. The molecule has 1 saturated carbocycles. The molecule has 0 aliphatic heterocycles. The van der Waals surface area contributed by atoms with Gasteiger partial charge in [0.2, 0.25) is 5.91 Å². The summed E-state index contributed by atoms with van der Waals surface area (Å²) in [5, 5.41) is 2.46. The Kier molecular flexibility index (Phi) is 3.22. The first-order chi connectivity index (χ1) is 8.08. The molecule has 1 aromatic carbocycles. The average molecular weight is 237 g/mol. The predicted molar refractivity (Wildman–Crippen MR) is 61.5 cm³/mol. The molecule has 0 spiro atoms. The standard InChI is InChI=1S/C13H13F2NO/c14-13(15)8-11(13)9-16-12(17)7-6-10-4-2-1-3-5-10/h1-7,11H,8-9H2,(H,16,17)/b7-6+. The lowest BCUT2D eigenvalue weighted by Gasteiger charge is -2.00. The van der Waals surface area contributed by atoms with Crippen molar-refractivity contribution in [3.63, 3.8) is 0 Å². The van der Waals surface area contributed by atoms with E-state index in [2.05, 4.69) is 5.32 Å². The van der Waals surface area contributed by atoms with Gasteiger partial charge in [0.25, 0.3) is 5.92 Å². The van der Waals surface area contributed by atoms with Crippen LogP contribution in [0.2, 0.25) is 0 Å². The maximum Gasteiger partial charge on any atom is 0.253 e. The number of rotatable bonds is 4. The van der Waals surface area contributed by atoms with Crippen molar-refractivity contribution >= 4 is 12.0 Å². The summed E-state index contributed by atoms with van der Waals surface area (Å²) in [6, 6.07) is 9.33. The summed E-state index contributed by atoms with van der Waals surface area (Å²) in [7, 11) is 0. The van der Waals surface area contributed by atoms with Gasteiger partial charge >= 0.3 is 0 Å². The van der Waals surface area contributed by atoms with Gasteiger partial charge in [-0.05, 0) is 11.6 Å². The number of nitrogens with one attached hydrogen (secondary N) is 1. The number of amides is 1. The molecule has 90 valence electrons. The Morgan fingerprint density at radius 3 is 2.65 bits per heavy atom. The fourth-order valence-electron chi connectivity index (χ4n) is 1.51. The van der Waals surface area contributed by atoms with Gasteiger partial charge in [0.05, 0.1) is 0 Å². The summed E-state index contributed by atoms with van der Waals surface area (Å²) < 4.78 is 25.1. The maximum absolute atomic E-state index is 12.5. The van der Waals surface area contributed by atoms with Gasteiger partial charge in [0.1, 0.15) is 0 Å². The van der Waals surface area contributed by atoms with Crippen molar-refractivity contribution in [2.75, 3.05) is 6.54 Å². The highest BCUT2D eigenvalue weighted by Gasteiger charge is 2.56. The molecule has 1 unspecified atom stereocenters. The van der Waals surface area contributed by atoms with Crippen molar-refractivity contribution in [2.45, 2.75) is 12.3 Å². The Morgan fingerprint density at radius 1 is 1.41 bits per heavy atom. The molecular weight excluding hydrogens is 224 g/mol. The smallest absolute Gasteiger partial charge is 0.253 e. The number of carbonyl (C=O) groups excluding carboxylic acids is 1. The topological polar surface area (TPSA) is 29.1 Å². The molecule has 1 fully saturated rings. The number of alkyl halides is 2. The Hall–Kier alpha value is -1.71. The highest BCUT2D eigenvalue weighted by atomic mass is 19.3. The van der Waals surface area contributed by atoms with E-state index >= 15 is 0 Å². The highest BCUT2D eigenvalue weighted by Crippen LogP contribution is 2.47. The summed E-state index contributed by atoms with van der Waals surface area (Å²) in [5.41, 5.74) is 0.902. The quantitative estimate of drug-likeness (QED) is 0.801. The first-order valence-corrected chi connectivity index (χ1v) is 5.47. The molecule has 2 nitrogen and oxygen atoms in total. The minimum Gasteiger partial charge on any atom is -0.352 e. The van der Waals surface area contributed by atoms with Crippen LogP contribution in [0, 0.1) is 5.92 Å². The summed E-state index contributed by atoms with van der Waals surface area (Å²) in [5.74, 6) is -3.59. The number of hydrogen-bond acceptors (Lipinski definition) is 1. The first kappa shape index (κ1) is 11.8. The molecule has 4 heteroatoms. The Bertz CT molecular complexity index is 428. The third-order valence-corrected chi connectivity index (χ3v) is 2.71. The first-order valence-electron chi connectivity index (χ1n) is 5.47. The lowest BCUT2D eigenvalue weighted by atomic mass is 10.2. The van der Waals surface area contributed by atoms with Crippen LogP contribution in [0.1, 0.15) is 12.0 Å². The van der Waals surface area contributed by atoms with Crippen LogP contribution in [-0.4, -0.2) is 18.4 Å². The van der Waals surface area contributed by atoms with Gasteiger partial charge in [-0.15, -0.1) is 0 Å². The Morgan fingerprint density at radius 2 is 2.06 bits per heavy atom. The highest BCUT2D eigenvalue weighted by molar-refractivity contribution is 5.91. The summed E-state index contributed by atoms with van der Waals surface area (Å²) in [6.45, 7) is 0.0466. The molecule has 0 aromatic heterocycles. The summed E-state index contributed by atoms with van der Waals surface area (Å²) in [6.07, 6.45) is 2.89. The van der Waals surface area contributed by atoms with E-state index in [1.807, 2.05) is 30.3 Å². The normalized spacial score (nSPS) is 21.4. The van der Waals surface area contributed by atoms with Crippen LogP contribution < -0.4 is 5.32 Å². The minimum absolute atomic E-state index is 0.0466. The molecule has 0 radical (unpaired) electrons. The predicted octanol–water partition coefficient (Wildman–Crippen LogP) is 2.47. The van der Waals surface area contributed by atoms with Crippen LogP contribution >= 0.6 is 0 Å². The van der Waals surface area contributed by atoms with E-state index in [0.29, 0.717) is 0 Å². The average Bonchev–Trinajstić information content (AvgIpc) is 2.93. The molecule has 0 bridgehead atoms. The zero-order valence-corrected chi connectivity index (χ0v) is 9.20. The van der Waals surface area contributed by atoms with Crippen molar-refractivity contribution in [1.82, 2.24) is 5.32 Å². The van der Waals surface area contributed by atoms with E-state index in [9.17, 15) is 13.6 Å². The molecule has 0 heterocycles. The van der Waals surface area contributed by atoms with Gasteiger partial charge in [-0.1, -0.05) is 30.3 Å². The van der Waals surface area contributed by atoms with Gasteiger partial charge in [-0.25, -0.2) is 8.78 Å². The molecule has 1 aromatic rings. The van der Waals surface area contributed by atoms with Gasteiger partial charge < -0.3 is 5.32 Å². The number of carbonyl (C=O) groups is 1. The Balaban J connectivity index is 1.76. The van der Waals surface area contributed by atoms with Crippen LogP contribution in [0.15, 0.2) is 36.4 Å². The van der Waals surface area contributed by atoms with Crippen molar-refractivity contribution < 1.29 is 13.6 Å². The lowest BCUT2D eigenvalue weighted by Crippen LogP contribution is -2.24. The van der Waals surface area contributed by atoms with E-state index in [-0.39, 0.29) is 18.9 Å². The Labute approximate surface area is 98.3 Å². The van der Waals surface area contributed by atoms with E-state index in [4.69, 9.17) is 0 Å². The molecule has 1 atom stereocenters. The second kappa shape index (κ2) is 4.65. The molecule has 17 heavy (non-hydrogen) atoms. The maximum atomic E-state index is 12.5. The van der Waals surface area contributed by atoms with Crippen molar-refractivity contribution in [3.8, 4) is 0 Å². The zero-order valence-electron chi connectivity index (χ0n) is 9.20. The van der Waals surface area contributed by atoms with Crippen LogP contribution in [-0.2, 0) is 4.79 Å². The third kappa shape index (κ3) is 3.37. The van der Waals surface area contributed by atoms with Gasteiger partial charge in [-0.3, -0.25) is 4.79 Å². The second-order valence-corrected chi connectivity index (χ2v) is 4.15. The van der Waals surface area contributed by atoms with E-state index in [0.717, 1.165) is 5.56 Å². The van der Waals surface area contributed by atoms with Crippen molar-refractivity contribution in [2.24, 2.45) is 5.92 Å². The fraction of sp³-hybridized carbons (Fsp3) is 0.308. The number of hydrogen-bond donors (Lipinski definition) is 1. The number of benzene rings is 1. The third-order valence-electron chi connectivity index (χ3n) is 2.71. The van der Waals surface area contributed by atoms with Crippen LogP contribution in [0.4, 0.5) is 8.78 Å². The second-order valence-electron chi connectivity index (χ2n) is 4.15. The lowest BCUT2D eigenvalue weighted by molar-refractivity contribution is -0.116.